The van der Waals surface area contributed by atoms with Crippen molar-refractivity contribution in [1.82, 2.24) is 0 Å². The molecule has 0 bridgehead atoms. The molecule has 0 aromatic heterocycles. The number of rotatable bonds is 0. The third kappa shape index (κ3) is 1.71. The number of amides is 2. The summed E-state index contributed by atoms with van der Waals surface area (Å²) in [6, 6.07) is -0.895. The van der Waals surface area contributed by atoms with Crippen molar-refractivity contribution >= 4 is 17.5 Å². The van der Waals surface area contributed by atoms with Gasteiger partial charge in [-0.3, -0.25) is 4.79 Å². The molecule has 0 aliphatic heterocycles. The number of carbonyl (C=O) groups excluding carboxylic acids is 2. The van der Waals surface area contributed by atoms with E-state index in [1.165, 1.54) is 6.08 Å². The van der Waals surface area contributed by atoms with Gasteiger partial charge in [0.1, 0.15) is 5.71 Å². The Morgan fingerprint density at radius 2 is 2.00 bits per heavy atom. The van der Waals surface area contributed by atoms with Gasteiger partial charge in [0.05, 0.1) is 0 Å². The molecule has 1 aliphatic carbocycles. The zero-order chi connectivity index (χ0) is 10.9. The summed E-state index contributed by atoms with van der Waals surface area (Å²) in [7, 11) is 0. The van der Waals surface area contributed by atoms with E-state index in [1.807, 2.05) is 0 Å². The number of nitrogens with zero attached hydrogens (tertiary/aromatic N) is 1. The molecule has 0 spiro atoms. The molecule has 0 unspecified atom stereocenters. The van der Waals surface area contributed by atoms with Gasteiger partial charge in [0, 0.05) is 11.3 Å². The molecule has 74 valence electrons. The van der Waals surface area contributed by atoms with Crippen molar-refractivity contribution in [1.29, 1.82) is 0 Å². The van der Waals surface area contributed by atoms with Crippen LogP contribution in [-0.2, 0) is 4.79 Å². The van der Waals surface area contributed by atoms with Crippen LogP contribution in [0.3, 0.4) is 0 Å². The Hall–Kier alpha value is -1.91. The quantitative estimate of drug-likeness (QED) is 0.540. The highest BCUT2D eigenvalue weighted by Crippen LogP contribution is 2.17. The van der Waals surface area contributed by atoms with Gasteiger partial charge in [-0.25, -0.2) is 4.79 Å². The van der Waals surface area contributed by atoms with E-state index in [0.717, 1.165) is 0 Å². The molecule has 0 aromatic carbocycles. The smallest absolute Gasteiger partial charge is 0.339 e. The first-order chi connectivity index (χ1) is 6.43. The Bertz CT molecular complexity index is 402. The highest BCUT2D eigenvalue weighted by atomic mass is 16.2. The molecule has 1 rings (SSSR count). The van der Waals surface area contributed by atoms with Gasteiger partial charge in [-0.05, 0) is 25.5 Å². The van der Waals surface area contributed by atoms with Gasteiger partial charge in [-0.2, -0.15) is 4.99 Å². The summed E-state index contributed by atoms with van der Waals surface area (Å²) in [5, 5.41) is 0. The average Bonchev–Trinajstić information content (AvgIpc) is 2.09. The van der Waals surface area contributed by atoms with E-state index in [9.17, 15) is 9.59 Å². The number of hydrogen-bond donors (Lipinski definition) is 2. The number of ketones is 1. The van der Waals surface area contributed by atoms with Crippen LogP contribution in [0, 0.1) is 0 Å². The standard InChI is InChI=1S/C9H11N3O2/c1-4-3-6(13)8(12-9(11)14)5(2)7(4)10/h3H,10H2,1-2H3,(H2,11,14). The first kappa shape index (κ1) is 10.2. The van der Waals surface area contributed by atoms with E-state index in [0.29, 0.717) is 16.8 Å². The van der Waals surface area contributed by atoms with E-state index >= 15 is 0 Å². The van der Waals surface area contributed by atoms with E-state index in [1.54, 1.807) is 13.8 Å². The summed E-state index contributed by atoms with van der Waals surface area (Å²) < 4.78 is 0. The minimum absolute atomic E-state index is 0.0283. The second-order valence-electron chi connectivity index (χ2n) is 3.03. The van der Waals surface area contributed by atoms with Crippen LogP contribution >= 0.6 is 0 Å². The third-order valence-electron chi connectivity index (χ3n) is 1.99. The maximum atomic E-state index is 11.4. The summed E-state index contributed by atoms with van der Waals surface area (Å²) in [6.45, 7) is 3.35. The first-order valence-corrected chi connectivity index (χ1v) is 4.01. The second-order valence-corrected chi connectivity index (χ2v) is 3.03. The van der Waals surface area contributed by atoms with Crippen molar-refractivity contribution < 1.29 is 9.59 Å². The van der Waals surface area contributed by atoms with Crippen LogP contribution in [0.25, 0.3) is 0 Å². The molecule has 0 fully saturated rings. The lowest BCUT2D eigenvalue weighted by molar-refractivity contribution is -0.108. The number of carbonyl (C=O) groups is 2. The van der Waals surface area contributed by atoms with Crippen molar-refractivity contribution in [2.75, 3.05) is 0 Å². The first-order valence-electron chi connectivity index (χ1n) is 4.01. The Morgan fingerprint density at radius 3 is 2.50 bits per heavy atom. The fourth-order valence-electron chi connectivity index (χ4n) is 1.20. The van der Waals surface area contributed by atoms with E-state index in [4.69, 9.17) is 11.5 Å². The van der Waals surface area contributed by atoms with Gasteiger partial charge in [-0.15, -0.1) is 0 Å². The Balaban J connectivity index is 3.26. The molecule has 0 radical (unpaired) electrons. The lowest BCUT2D eigenvalue weighted by atomic mass is 9.95. The van der Waals surface area contributed by atoms with Crippen molar-refractivity contribution in [3.63, 3.8) is 0 Å². The molecule has 0 atom stereocenters. The van der Waals surface area contributed by atoms with Gasteiger partial charge in [-0.1, -0.05) is 0 Å². The second kappa shape index (κ2) is 3.45. The molecule has 0 saturated heterocycles. The van der Waals surface area contributed by atoms with Crippen LogP contribution in [0.2, 0.25) is 0 Å². The van der Waals surface area contributed by atoms with Crippen LogP contribution in [0.1, 0.15) is 13.8 Å². The maximum Gasteiger partial charge on any atom is 0.339 e. The molecule has 0 aromatic rings. The van der Waals surface area contributed by atoms with E-state index < -0.39 is 6.03 Å². The number of hydrogen-bond acceptors (Lipinski definition) is 3. The largest absolute Gasteiger partial charge is 0.398 e. The number of nitrogens with two attached hydrogens (primary N) is 2. The molecule has 0 saturated carbocycles. The van der Waals surface area contributed by atoms with Gasteiger partial charge < -0.3 is 11.5 Å². The molecular formula is C9H11N3O2. The average molecular weight is 193 g/mol. The van der Waals surface area contributed by atoms with Crippen molar-refractivity contribution in [2.24, 2.45) is 16.5 Å². The van der Waals surface area contributed by atoms with Crippen LogP contribution in [-0.4, -0.2) is 17.5 Å². The number of primary amides is 1. The predicted octanol–water partition coefficient (Wildman–Crippen LogP) is 0.268. The summed E-state index contributed by atoms with van der Waals surface area (Å²) in [5.41, 5.74) is 12.2. The highest BCUT2D eigenvalue weighted by Gasteiger charge is 2.20. The molecule has 1 aliphatic rings. The van der Waals surface area contributed by atoms with E-state index in [-0.39, 0.29) is 11.5 Å². The Morgan fingerprint density at radius 1 is 1.43 bits per heavy atom. The minimum atomic E-state index is -0.895. The zero-order valence-electron chi connectivity index (χ0n) is 8.00. The molecule has 5 nitrogen and oxygen atoms in total. The van der Waals surface area contributed by atoms with Crippen molar-refractivity contribution in [3.8, 4) is 0 Å². The normalized spacial score (nSPS) is 20.0. The number of allylic oxidation sites excluding steroid dienone is 3. The molecule has 14 heavy (non-hydrogen) atoms. The summed E-state index contributed by atoms with van der Waals surface area (Å²) >= 11 is 0. The van der Waals surface area contributed by atoms with Crippen molar-refractivity contribution in [2.45, 2.75) is 13.8 Å². The van der Waals surface area contributed by atoms with Crippen LogP contribution in [0.5, 0.6) is 0 Å². The highest BCUT2D eigenvalue weighted by molar-refractivity contribution is 6.51. The third-order valence-corrected chi connectivity index (χ3v) is 1.99. The van der Waals surface area contributed by atoms with Gasteiger partial charge >= 0.3 is 6.03 Å². The summed E-state index contributed by atoms with van der Waals surface area (Å²) in [4.78, 5) is 25.3. The predicted molar refractivity (Wildman–Crippen MR) is 52.7 cm³/mol. The van der Waals surface area contributed by atoms with Crippen LogP contribution in [0.15, 0.2) is 27.9 Å². The monoisotopic (exact) mass is 193 g/mol. The number of aliphatic imine (C=N–C) groups is 1. The maximum absolute atomic E-state index is 11.4. The zero-order valence-corrected chi connectivity index (χ0v) is 8.00. The Kier molecular flexibility index (Phi) is 2.51. The Labute approximate surface area is 81.2 Å². The summed E-state index contributed by atoms with van der Waals surface area (Å²) in [6.07, 6.45) is 1.34. The van der Waals surface area contributed by atoms with Crippen molar-refractivity contribution in [3.05, 3.63) is 22.9 Å². The van der Waals surface area contributed by atoms with Gasteiger partial charge in [0.25, 0.3) is 0 Å². The summed E-state index contributed by atoms with van der Waals surface area (Å²) in [5.74, 6) is -0.340. The molecular weight excluding hydrogens is 182 g/mol. The van der Waals surface area contributed by atoms with Crippen LogP contribution in [0.4, 0.5) is 4.79 Å². The molecule has 5 heteroatoms. The molecule has 0 heterocycles. The van der Waals surface area contributed by atoms with Gasteiger partial charge in [0.2, 0.25) is 5.78 Å². The molecule has 2 amide bonds. The SMILES string of the molecule is CC1=CC(=O)C(=NC(N)=O)C(C)=C1N. The fraction of sp³-hybridized carbons (Fsp3) is 0.222. The number of urea groups is 1. The topological polar surface area (TPSA) is 98.5 Å². The minimum Gasteiger partial charge on any atom is -0.398 e. The lowest BCUT2D eigenvalue weighted by Crippen LogP contribution is -2.25. The van der Waals surface area contributed by atoms with Crippen LogP contribution < -0.4 is 11.5 Å². The fourth-order valence-corrected chi connectivity index (χ4v) is 1.20. The molecule has 4 N–H and O–H groups in total. The van der Waals surface area contributed by atoms with E-state index in [2.05, 4.69) is 4.99 Å². The van der Waals surface area contributed by atoms with Gasteiger partial charge in [0.15, 0.2) is 0 Å². The lowest BCUT2D eigenvalue weighted by Gasteiger charge is -2.13.